The first kappa shape index (κ1) is 18.6. The van der Waals surface area contributed by atoms with Crippen molar-refractivity contribution in [2.45, 2.75) is 26.4 Å². The van der Waals surface area contributed by atoms with E-state index in [1.165, 1.54) is 0 Å². The van der Waals surface area contributed by atoms with Crippen LogP contribution >= 0.6 is 0 Å². The number of methoxy groups -OCH3 is 2. The lowest BCUT2D eigenvalue weighted by atomic mass is 10.1. The summed E-state index contributed by atoms with van der Waals surface area (Å²) < 4.78 is 12.8. The SMILES string of the molecule is CCCn1c(C(=O)NCc2c(OC)cccc2OC)c(N)c2ccccc21. The molecule has 3 aromatic rings. The van der Waals surface area contributed by atoms with E-state index in [-0.39, 0.29) is 12.5 Å². The molecular formula is C21H25N3O3. The van der Waals surface area contributed by atoms with Crippen LogP contribution < -0.4 is 20.5 Å². The van der Waals surface area contributed by atoms with Gasteiger partial charge in [0.25, 0.3) is 5.91 Å². The second-order valence-electron chi connectivity index (χ2n) is 6.25. The molecule has 0 radical (unpaired) electrons. The molecule has 0 unspecified atom stereocenters. The van der Waals surface area contributed by atoms with Gasteiger partial charge in [-0.05, 0) is 24.6 Å². The van der Waals surface area contributed by atoms with Crippen molar-refractivity contribution in [3.63, 3.8) is 0 Å². The Balaban J connectivity index is 1.94. The van der Waals surface area contributed by atoms with E-state index in [0.717, 1.165) is 29.4 Å². The van der Waals surface area contributed by atoms with Gasteiger partial charge in [-0.3, -0.25) is 4.79 Å². The van der Waals surface area contributed by atoms with Crippen LogP contribution in [0.2, 0.25) is 0 Å². The molecule has 0 aliphatic carbocycles. The summed E-state index contributed by atoms with van der Waals surface area (Å²) in [5, 5.41) is 3.86. The van der Waals surface area contributed by atoms with Gasteiger partial charge in [0.05, 0.1) is 37.5 Å². The van der Waals surface area contributed by atoms with E-state index in [1.54, 1.807) is 14.2 Å². The molecule has 0 aliphatic heterocycles. The lowest BCUT2D eigenvalue weighted by molar-refractivity contribution is 0.0942. The fourth-order valence-electron chi connectivity index (χ4n) is 3.39. The summed E-state index contributed by atoms with van der Waals surface area (Å²) in [5.41, 5.74) is 9.07. The lowest BCUT2D eigenvalue weighted by Gasteiger charge is -2.15. The Morgan fingerprint density at radius 3 is 2.37 bits per heavy atom. The van der Waals surface area contributed by atoms with Crippen LogP contribution in [0.4, 0.5) is 5.69 Å². The third-order valence-electron chi connectivity index (χ3n) is 4.63. The number of fused-ring (bicyclic) bond motifs is 1. The second-order valence-corrected chi connectivity index (χ2v) is 6.25. The molecule has 27 heavy (non-hydrogen) atoms. The Kier molecular flexibility index (Phi) is 5.54. The van der Waals surface area contributed by atoms with Crippen molar-refractivity contribution in [2.24, 2.45) is 0 Å². The first-order valence-electron chi connectivity index (χ1n) is 8.97. The van der Waals surface area contributed by atoms with Gasteiger partial charge in [-0.2, -0.15) is 0 Å². The summed E-state index contributed by atoms with van der Waals surface area (Å²) in [5.74, 6) is 1.11. The second kappa shape index (κ2) is 8.03. The molecule has 0 bridgehead atoms. The molecule has 3 rings (SSSR count). The number of nitrogens with one attached hydrogen (secondary N) is 1. The van der Waals surface area contributed by atoms with Crippen molar-refractivity contribution in [2.75, 3.05) is 20.0 Å². The van der Waals surface area contributed by atoms with Crippen LogP contribution in [0, 0.1) is 0 Å². The fourth-order valence-corrected chi connectivity index (χ4v) is 3.39. The summed E-state index contributed by atoms with van der Waals surface area (Å²) in [6, 6.07) is 13.3. The summed E-state index contributed by atoms with van der Waals surface area (Å²) >= 11 is 0. The van der Waals surface area contributed by atoms with Gasteiger partial charge in [-0.15, -0.1) is 0 Å². The molecule has 0 saturated carbocycles. The molecule has 3 N–H and O–H groups in total. The minimum Gasteiger partial charge on any atom is -0.496 e. The monoisotopic (exact) mass is 367 g/mol. The summed E-state index contributed by atoms with van der Waals surface area (Å²) in [4.78, 5) is 13.0. The number of anilines is 1. The molecule has 1 aromatic heterocycles. The average molecular weight is 367 g/mol. The molecule has 6 heteroatoms. The van der Waals surface area contributed by atoms with E-state index in [9.17, 15) is 4.79 Å². The maximum Gasteiger partial charge on any atom is 0.270 e. The molecule has 6 nitrogen and oxygen atoms in total. The molecular weight excluding hydrogens is 342 g/mol. The van der Waals surface area contributed by atoms with E-state index >= 15 is 0 Å². The van der Waals surface area contributed by atoms with Gasteiger partial charge < -0.3 is 25.1 Å². The third-order valence-corrected chi connectivity index (χ3v) is 4.63. The van der Waals surface area contributed by atoms with Crippen molar-refractivity contribution in [1.29, 1.82) is 0 Å². The first-order valence-corrected chi connectivity index (χ1v) is 8.97. The number of nitrogen functional groups attached to an aromatic ring is 1. The zero-order chi connectivity index (χ0) is 19.4. The van der Waals surface area contributed by atoms with Crippen LogP contribution in [-0.2, 0) is 13.1 Å². The maximum atomic E-state index is 13.0. The molecule has 0 saturated heterocycles. The Labute approximate surface area is 158 Å². The number of rotatable bonds is 7. The highest BCUT2D eigenvalue weighted by Crippen LogP contribution is 2.30. The number of benzene rings is 2. The van der Waals surface area contributed by atoms with Crippen LogP contribution in [0.5, 0.6) is 11.5 Å². The summed E-state index contributed by atoms with van der Waals surface area (Å²) in [6.07, 6.45) is 0.902. The van der Waals surface area contributed by atoms with Crippen molar-refractivity contribution >= 4 is 22.5 Å². The normalized spacial score (nSPS) is 10.8. The molecule has 0 atom stereocenters. The number of hydrogen-bond acceptors (Lipinski definition) is 4. The number of nitrogens with two attached hydrogens (primary N) is 1. The predicted molar refractivity (Wildman–Crippen MR) is 107 cm³/mol. The number of aryl methyl sites for hydroxylation is 1. The number of para-hydroxylation sites is 1. The summed E-state index contributed by atoms with van der Waals surface area (Å²) in [7, 11) is 3.19. The van der Waals surface area contributed by atoms with Gasteiger partial charge in [0, 0.05) is 11.9 Å². The third kappa shape index (κ3) is 3.43. The van der Waals surface area contributed by atoms with Gasteiger partial charge in [0.1, 0.15) is 17.2 Å². The molecule has 1 amide bonds. The quantitative estimate of drug-likeness (QED) is 0.669. The van der Waals surface area contributed by atoms with Crippen molar-refractivity contribution in [1.82, 2.24) is 9.88 Å². The number of amides is 1. The van der Waals surface area contributed by atoms with Gasteiger partial charge in [0.15, 0.2) is 0 Å². The van der Waals surface area contributed by atoms with Crippen LogP contribution in [0.15, 0.2) is 42.5 Å². The van der Waals surface area contributed by atoms with E-state index in [4.69, 9.17) is 15.2 Å². The Morgan fingerprint density at radius 1 is 1.07 bits per heavy atom. The van der Waals surface area contributed by atoms with E-state index in [1.807, 2.05) is 47.0 Å². The Morgan fingerprint density at radius 2 is 1.74 bits per heavy atom. The summed E-state index contributed by atoms with van der Waals surface area (Å²) in [6.45, 7) is 3.07. The smallest absolute Gasteiger partial charge is 0.270 e. The standard InChI is InChI=1S/C21H25N3O3/c1-4-12-24-16-9-6-5-8-14(16)19(22)20(24)21(25)23-13-15-17(26-2)10-7-11-18(15)27-3/h5-11H,4,12-13,22H2,1-3H3,(H,23,25). The van der Waals surface area contributed by atoms with Gasteiger partial charge in [-0.1, -0.05) is 31.2 Å². The number of hydrogen-bond donors (Lipinski definition) is 2. The van der Waals surface area contributed by atoms with Crippen LogP contribution in [0.1, 0.15) is 29.4 Å². The number of aromatic nitrogens is 1. The molecule has 2 aromatic carbocycles. The molecule has 142 valence electrons. The van der Waals surface area contributed by atoms with Gasteiger partial charge >= 0.3 is 0 Å². The Hall–Kier alpha value is -3.15. The Bertz CT molecular complexity index is 940. The van der Waals surface area contributed by atoms with Crippen LogP contribution in [0.3, 0.4) is 0 Å². The number of carbonyl (C=O) groups is 1. The van der Waals surface area contributed by atoms with Gasteiger partial charge in [0.2, 0.25) is 0 Å². The molecule has 0 spiro atoms. The van der Waals surface area contributed by atoms with E-state index < -0.39 is 0 Å². The van der Waals surface area contributed by atoms with Crippen molar-refractivity contribution in [3.8, 4) is 11.5 Å². The number of nitrogens with zero attached hydrogens (tertiary/aromatic N) is 1. The van der Waals surface area contributed by atoms with E-state index in [2.05, 4.69) is 12.2 Å². The highest BCUT2D eigenvalue weighted by Gasteiger charge is 2.21. The van der Waals surface area contributed by atoms with Crippen molar-refractivity contribution in [3.05, 3.63) is 53.7 Å². The minimum absolute atomic E-state index is 0.217. The van der Waals surface area contributed by atoms with Crippen LogP contribution in [-0.4, -0.2) is 24.7 Å². The van der Waals surface area contributed by atoms with E-state index in [0.29, 0.717) is 22.9 Å². The zero-order valence-corrected chi connectivity index (χ0v) is 15.9. The van der Waals surface area contributed by atoms with Gasteiger partial charge in [-0.25, -0.2) is 0 Å². The van der Waals surface area contributed by atoms with Crippen molar-refractivity contribution < 1.29 is 14.3 Å². The minimum atomic E-state index is -0.217. The highest BCUT2D eigenvalue weighted by molar-refractivity contribution is 6.08. The fraction of sp³-hybridized carbons (Fsp3) is 0.286. The largest absolute Gasteiger partial charge is 0.496 e. The number of ether oxygens (including phenoxy) is 2. The van der Waals surface area contributed by atoms with Crippen LogP contribution in [0.25, 0.3) is 10.9 Å². The molecule has 1 heterocycles. The first-order chi connectivity index (χ1) is 13.1. The highest BCUT2D eigenvalue weighted by atomic mass is 16.5. The lowest BCUT2D eigenvalue weighted by Crippen LogP contribution is -2.27. The number of carbonyl (C=O) groups excluding carboxylic acids is 1. The maximum absolute atomic E-state index is 13.0. The molecule has 0 fully saturated rings. The predicted octanol–water partition coefficient (Wildman–Crippen LogP) is 3.58. The topological polar surface area (TPSA) is 78.5 Å². The average Bonchev–Trinajstić information content (AvgIpc) is 2.98. The molecule has 0 aliphatic rings. The zero-order valence-electron chi connectivity index (χ0n) is 15.9.